The van der Waals surface area contributed by atoms with Crippen molar-refractivity contribution < 1.29 is 49.9 Å². The lowest BCUT2D eigenvalue weighted by Crippen LogP contribution is -2.48. The van der Waals surface area contributed by atoms with Crippen molar-refractivity contribution in [3.05, 3.63) is 102 Å². The van der Waals surface area contributed by atoms with E-state index in [4.69, 9.17) is 28.3 Å². The summed E-state index contributed by atoms with van der Waals surface area (Å²) in [5.41, 5.74) is 0.743. The highest BCUT2D eigenvalue weighted by atomic mass is 32.2. The van der Waals surface area contributed by atoms with Crippen molar-refractivity contribution in [2.24, 2.45) is 5.41 Å². The third kappa shape index (κ3) is 11.7. The topological polar surface area (TPSA) is 200 Å². The van der Waals surface area contributed by atoms with E-state index in [1.807, 2.05) is 26.0 Å². The number of aromatic nitrogens is 4. The van der Waals surface area contributed by atoms with Crippen molar-refractivity contribution in [3.8, 4) is 28.6 Å². The number of hydrogen-bond acceptors (Lipinski definition) is 14. The highest BCUT2D eigenvalue weighted by Gasteiger charge is 2.42. The van der Waals surface area contributed by atoms with Gasteiger partial charge in [0.2, 0.25) is 10.0 Å². The van der Waals surface area contributed by atoms with Gasteiger partial charge in [-0.25, -0.2) is 26.3 Å². The Labute approximate surface area is 369 Å². The molecule has 0 atom stereocenters. The van der Waals surface area contributed by atoms with E-state index in [2.05, 4.69) is 20.8 Å². The molecule has 63 heavy (non-hydrogen) atoms. The second-order valence-corrected chi connectivity index (χ2v) is 20.7. The van der Waals surface area contributed by atoms with Crippen LogP contribution in [-0.4, -0.2) is 107 Å². The van der Waals surface area contributed by atoms with Gasteiger partial charge in [0.1, 0.15) is 27.7 Å². The zero-order valence-corrected chi connectivity index (χ0v) is 38.3. The minimum atomic E-state index is -4.90. The monoisotopic (exact) mass is 904 g/mol. The van der Waals surface area contributed by atoms with Crippen LogP contribution in [0.1, 0.15) is 51.3 Å². The number of carbonyl (C=O) groups is 1. The molecule has 0 saturated carbocycles. The molecule has 6 rings (SSSR count). The fourth-order valence-electron chi connectivity index (χ4n) is 6.71. The molecule has 1 aliphatic heterocycles. The van der Waals surface area contributed by atoms with Gasteiger partial charge in [0.05, 0.1) is 38.5 Å². The number of nitrogens with zero attached hydrogens (tertiary/aromatic N) is 5. The average Bonchev–Trinajstić information content (AvgIpc) is 3.70. The fraction of sp³-hybridized carbons (Fsp3) is 0.395. The van der Waals surface area contributed by atoms with Crippen LogP contribution < -0.4 is 25.0 Å². The van der Waals surface area contributed by atoms with Gasteiger partial charge < -0.3 is 33.6 Å². The number of ether oxygens (including phenoxy) is 4. The summed E-state index contributed by atoms with van der Waals surface area (Å²) in [4.78, 5) is 11.5. The van der Waals surface area contributed by atoms with Crippen molar-refractivity contribution in [2.75, 3.05) is 46.8 Å². The first-order valence-electron chi connectivity index (χ1n) is 20.1. The maximum atomic E-state index is 15.9. The van der Waals surface area contributed by atoms with Crippen molar-refractivity contribution in [1.82, 2.24) is 29.8 Å². The Morgan fingerprint density at radius 2 is 1.30 bits per heavy atom. The van der Waals surface area contributed by atoms with E-state index in [-0.39, 0.29) is 55.1 Å². The molecular formula is C43H53BN6O11S2. The molecule has 0 aliphatic carbocycles. The molecule has 1 aromatic heterocycles. The Morgan fingerprint density at radius 1 is 0.794 bits per heavy atom. The Bertz CT molecular complexity index is 2520. The summed E-state index contributed by atoms with van der Waals surface area (Å²) in [5.74, 6) is 0.992. The van der Waals surface area contributed by atoms with E-state index in [1.165, 1.54) is 35.3 Å². The van der Waals surface area contributed by atoms with Crippen LogP contribution in [0.4, 0.5) is 4.79 Å². The van der Waals surface area contributed by atoms with Crippen LogP contribution in [0.3, 0.4) is 0 Å². The number of hydrogen-bond donors (Lipinski definition) is 1. The standard InChI is InChI=1S/C43H53BN6O11S2/c1-42(2,3)61-41(51)45-23-24-62(52,53)37-22-21-36(44-59-28-43(4,5)29-60-44)38(40-46-47-48-50(40)27-32-13-19-35(58-8)20-14-32)39(37)63(54,55)49(25-30-9-15-33(56-6)16-10-30)26-31-11-17-34(57-7)18-12-31/h9-22H,23-29H2,1-8H3,(H,45,51). The van der Waals surface area contributed by atoms with Crippen LogP contribution in [0.2, 0.25) is 0 Å². The number of carbonyl (C=O) groups excluding carboxylic acids is 1. The van der Waals surface area contributed by atoms with Gasteiger partial charge in [-0.15, -0.1) is 5.10 Å². The molecule has 4 aromatic carbocycles. The Morgan fingerprint density at radius 3 is 1.79 bits per heavy atom. The van der Waals surface area contributed by atoms with Crippen LogP contribution >= 0.6 is 0 Å². The second-order valence-electron chi connectivity index (χ2n) is 16.7. The van der Waals surface area contributed by atoms with E-state index in [1.54, 1.807) is 88.5 Å². The summed E-state index contributed by atoms with van der Waals surface area (Å²) in [6.07, 6.45) is -0.834. The number of amides is 1. The predicted molar refractivity (Wildman–Crippen MR) is 235 cm³/mol. The van der Waals surface area contributed by atoms with Gasteiger partial charge in [-0.05, 0) is 95.8 Å². The van der Waals surface area contributed by atoms with Crippen molar-refractivity contribution in [2.45, 2.75) is 69.6 Å². The molecule has 0 bridgehead atoms. The van der Waals surface area contributed by atoms with E-state index >= 15 is 8.42 Å². The molecule has 0 unspecified atom stereocenters. The number of methoxy groups -OCH3 is 3. The maximum absolute atomic E-state index is 15.9. The largest absolute Gasteiger partial charge is 0.497 e. The van der Waals surface area contributed by atoms with Gasteiger partial charge in [-0.2, -0.15) is 4.31 Å². The molecule has 20 heteroatoms. The number of nitrogens with one attached hydrogen (secondary N) is 1. The van der Waals surface area contributed by atoms with Gasteiger partial charge in [0, 0.05) is 43.8 Å². The smallest absolute Gasteiger partial charge is 0.494 e. The first-order chi connectivity index (χ1) is 29.8. The van der Waals surface area contributed by atoms with Crippen LogP contribution in [0, 0.1) is 5.41 Å². The lowest BCUT2D eigenvalue weighted by molar-refractivity contribution is 0.0343. The molecule has 0 radical (unpaired) electrons. The number of sulfonamides is 1. The summed E-state index contributed by atoms with van der Waals surface area (Å²) in [5, 5.41) is 15.1. The molecular weight excluding hydrogens is 851 g/mol. The predicted octanol–water partition coefficient (Wildman–Crippen LogP) is 4.87. The third-order valence-electron chi connectivity index (χ3n) is 9.91. The molecule has 1 amide bonds. The highest BCUT2D eigenvalue weighted by molar-refractivity contribution is 7.93. The third-order valence-corrected chi connectivity index (χ3v) is 13.7. The van der Waals surface area contributed by atoms with Gasteiger partial charge in [-0.3, -0.25) is 0 Å². The number of sulfone groups is 1. The highest BCUT2D eigenvalue weighted by Crippen LogP contribution is 2.36. The number of benzene rings is 4. The van der Waals surface area contributed by atoms with E-state index in [9.17, 15) is 13.2 Å². The Hall–Kier alpha value is -5.54. The van der Waals surface area contributed by atoms with Crippen molar-refractivity contribution >= 4 is 38.5 Å². The number of rotatable bonds is 17. The van der Waals surface area contributed by atoms with Gasteiger partial charge in [0.25, 0.3) is 0 Å². The summed E-state index contributed by atoms with van der Waals surface area (Å²) >= 11 is 0. The lowest BCUT2D eigenvalue weighted by atomic mass is 9.73. The fourth-order valence-corrected chi connectivity index (χ4v) is 10.3. The summed E-state index contributed by atoms with van der Waals surface area (Å²) < 4.78 is 97.9. The van der Waals surface area contributed by atoms with Gasteiger partial charge in [0.15, 0.2) is 15.7 Å². The van der Waals surface area contributed by atoms with Crippen LogP contribution in [-0.2, 0) is 53.5 Å². The first kappa shape index (κ1) is 47.0. The van der Waals surface area contributed by atoms with Gasteiger partial charge >= 0.3 is 13.2 Å². The van der Waals surface area contributed by atoms with E-state index in [0.717, 1.165) is 5.56 Å². The SMILES string of the molecule is COc1ccc(CN(Cc2ccc(OC)cc2)S(=O)(=O)c2c(S(=O)(=O)CCNC(=O)OC(C)(C)C)ccc(B3OCC(C)(C)CO3)c2-c2nnnn2Cc2ccc(OC)cc2)cc1. The van der Waals surface area contributed by atoms with Gasteiger partial charge in [-0.1, -0.05) is 56.3 Å². The normalized spacial score (nSPS) is 14.3. The number of alkyl carbamates (subject to hydrolysis) is 1. The van der Waals surface area contributed by atoms with Crippen LogP contribution in [0.15, 0.2) is 94.7 Å². The molecule has 17 nitrogen and oxygen atoms in total. The summed E-state index contributed by atoms with van der Waals surface area (Å²) in [7, 11) is -6.00. The molecule has 336 valence electrons. The zero-order valence-electron chi connectivity index (χ0n) is 36.7. The molecule has 1 N–H and O–H groups in total. The minimum Gasteiger partial charge on any atom is -0.497 e. The van der Waals surface area contributed by atoms with Crippen LogP contribution in [0.5, 0.6) is 17.2 Å². The molecule has 2 heterocycles. The summed E-state index contributed by atoms with van der Waals surface area (Å²) in [6, 6.07) is 23.6. The Balaban J connectivity index is 1.59. The molecule has 1 saturated heterocycles. The maximum Gasteiger partial charge on any atom is 0.494 e. The average molecular weight is 905 g/mol. The molecule has 0 spiro atoms. The summed E-state index contributed by atoms with van der Waals surface area (Å²) in [6.45, 7) is 8.73. The van der Waals surface area contributed by atoms with Crippen LogP contribution in [0.25, 0.3) is 11.4 Å². The number of tetrazole rings is 1. The van der Waals surface area contributed by atoms with E-state index in [0.29, 0.717) is 28.4 Å². The minimum absolute atomic E-state index is 0.0584. The Kier molecular flexibility index (Phi) is 14.5. The molecule has 1 fully saturated rings. The zero-order chi connectivity index (χ0) is 45.6. The quantitative estimate of drug-likeness (QED) is 0.124. The second kappa shape index (κ2) is 19.5. The molecule has 1 aliphatic rings. The molecule has 5 aromatic rings. The van der Waals surface area contributed by atoms with E-state index < -0.39 is 60.8 Å². The van der Waals surface area contributed by atoms with Crippen molar-refractivity contribution in [3.63, 3.8) is 0 Å². The lowest BCUT2D eigenvalue weighted by Gasteiger charge is -2.34. The van der Waals surface area contributed by atoms with Crippen molar-refractivity contribution in [1.29, 1.82) is 0 Å². The first-order valence-corrected chi connectivity index (χ1v) is 23.2.